The number of hydrogen-bond donors (Lipinski definition) is 1. The SMILES string of the molecule is CCNCc1cc(Oc2cc(F)ccc2C)ccn1. The van der Waals surface area contributed by atoms with E-state index in [1.165, 1.54) is 12.1 Å². The third-order valence-electron chi connectivity index (χ3n) is 2.72. The van der Waals surface area contributed by atoms with Gasteiger partial charge in [0.05, 0.1) is 5.69 Å². The minimum Gasteiger partial charge on any atom is -0.457 e. The first-order chi connectivity index (χ1) is 9.19. The standard InChI is InChI=1S/C15H17FN2O/c1-3-17-10-13-9-14(6-7-18-13)19-15-8-12(16)5-4-11(15)2/h4-9,17H,3,10H2,1-2H3. The highest BCUT2D eigenvalue weighted by Crippen LogP contribution is 2.25. The van der Waals surface area contributed by atoms with E-state index in [0.717, 1.165) is 17.8 Å². The zero-order valence-electron chi connectivity index (χ0n) is 11.1. The zero-order valence-corrected chi connectivity index (χ0v) is 11.1. The Morgan fingerprint density at radius 3 is 2.89 bits per heavy atom. The van der Waals surface area contributed by atoms with Crippen molar-refractivity contribution >= 4 is 0 Å². The van der Waals surface area contributed by atoms with Gasteiger partial charge in [0.2, 0.25) is 0 Å². The van der Waals surface area contributed by atoms with Gasteiger partial charge in [0.25, 0.3) is 0 Å². The Morgan fingerprint density at radius 1 is 1.26 bits per heavy atom. The van der Waals surface area contributed by atoms with Gasteiger partial charge in [0.1, 0.15) is 17.3 Å². The summed E-state index contributed by atoms with van der Waals surface area (Å²) in [5.41, 5.74) is 1.79. The summed E-state index contributed by atoms with van der Waals surface area (Å²) in [5, 5.41) is 3.20. The van der Waals surface area contributed by atoms with Crippen LogP contribution < -0.4 is 10.1 Å². The molecule has 2 aromatic rings. The van der Waals surface area contributed by atoms with Crippen LogP contribution in [0.5, 0.6) is 11.5 Å². The van der Waals surface area contributed by atoms with Crippen molar-refractivity contribution in [1.29, 1.82) is 0 Å². The number of benzene rings is 1. The molecule has 2 rings (SSSR count). The minimum absolute atomic E-state index is 0.303. The Labute approximate surface area is 112 Å². The van der Waals surface area contributed by atoms with E-state index in [-0.39, 0.29) is 5.82 Å². The lowest BCUT2D eigenvalue weighted by atomic mass is 10.2. The Hall–Kier alpha value is -1.94. The molecule has 0 unspecified atom stereocenters. The molecule has 0 fully saturated rings. The molecule has 1 heterocycles. The predicted octanol–water partition coefficient (Wildman–Crippen LogP) is 3.43. The molecule has 0 amide bonds. The summed E-state index contributed by atoms with van der Waals surface area (Å²) in [6.07, 6.45) is 1.69. The molecule has 0 spiro atoms. The van der Waals surface area contributed by atoms with Gasteiger partial charge in [-0.3, -0.25) is 4.98 Å². The molecule has 0 aliphatic heterocycles. The number of nitrogens with one attached hydrogen (secondary N) is 1. The predicted molar refractivity (Wildman–Crippen MR) is 72.8 cm³/mol. The average molecular weight is 260 g/mol. The second kappa shape index (κ2) is 6.29. The third kappa shape index (κ3) is 3.76. The first kappa shape index (κ1) is 13.5. The summed E-state index contributed by atoms with van der Waals surface area (Å²) < 4.78 is 18.9. The molecule has 100 valence electrons. The summed E-state index contributed by atoms with van der Waals surface area (Å²) in [4.78, 5) is 4.24. The summed E-state index contributed by atoms with van der Waals surface area (Å²) >= 11 is 0. The van der Waals surface area contributed by atoms with Crippen LogP contribution in [-0.4, -0.2) is 11.5 Å². The summed E-state index contributed by atoms with van der Waals surface area (Å²) in [6.45, 7) is 5.50. The van der Waals surface area contributed by atoms with Crippen molar-refractivity contribution in [3.8, 4) is 11.5 Å². The summed E-state index contributed by atoms with van der Waals surface area (Å²) in [7, 11) is 0. The lowest BCUT2D eigenvalue weighted by molar-refractivity contribution is 0.471. The van der Waals surface area contributed by atoms with Gasteiger partial charge in [0.15, 0.2) is 0 Å². The van der Waals surface area contributed by atoms with Gasteiger partial charge in [-0.1, -0.05) is 13.0 Å². The average Bonchev–Trinajstić information content (AvgIpc) is 2.41. The van der Waals surface area contributed by atoms with Crippen LogP contribution >= 0.6 is 0 Å². The molecule has 1 aromatic heterocycles. The first-order valence-electron chi connectivity index (χ1n) is 6.28. The summed E-state index contributed by atoms with van der Waals surface area (Å²) in [5.74, 6) is 0.889. The summed E-state index contributed by atoms with van der Waals surface area (Å²) in [6, 6.07) is 8.13. The molecular weight excluding hydrogens is 243 g/mol. The van der Waals surface area contributed by atoms with Crippen LogP contribution in [0.1, 0.15) is 18.2 Å². The van der Waals surface area contributed by atoms with Gasteiger partial charge in [-0.25, -0.2) is 4.39 Å². The molecule has 0 radical (unpaired) electrons. The maximum Gasteiger partial charge on any atom is 0.133 e. The molecule has 4 heteroatoms. The highest BCUT2D eigenvalue weighted by Gasteiger charge is 2.04. The maximum atomic E-state index is 13.2. The molecule has 0 saturated carbocycles. The Morgan fingerprint density at radius 2 is 2.11 bits per heavy atom. The number of ether oxygens (including phenoxy) is 1. The first-order valence-corrected chi connectivity index (χ1v) is 6.28. The number of aryl methyl sites for hydroxylation is 1. The van der Waals surface area contributed by atoms with Crippen LogP contribution in [0.3, 0.4) is 0 Å². The van der Waals surface area contributed by atoms with E-state index < -0.39 is 0 Å². The largest absolute Gasteiger partial charge is 0.457 e. The van der Waals surface area contributed by atoms with E-state index >= 15 is 0 Å². The lowest BCUT2D eigenvalue weighted by Gasteiger charge is -2.09. The fourth-order valence-electron chi connectivity index (χ4n) is 1.68. The van der Waals surface area contributed by atoms with Crippen molar-refractivity contribution in [3.05, 3.63) is 53.6 Å². The number of pyridine rings is 1. The van der Waals surface area contributed by atoms with Crippen molar-refractivity contribution in [3.63, 3.8) is 0 Å². The van der Waals surface area contributed by atoms with Gasteiger partial charge in [-0.15, -0.1) is 0 Å². The topological polar surface area (TPSA) is 34.1 Å². The second-order valence-electron chi connectivity index (χ2n) is 4.28. The Balaban J connectivity index is 2.16. The Kier molecular flexibility index (Phi) is 4.47. The minimum atomic E-state index is -0.303. The second-order valence-corrected chi connectivity index (χ2v) is 4.28. The molecular formula is C15H17FN2O. The highest BCUT2D eigenvalue weighted by atomic mass is 19.1. The van der Waals surface area contributed by atoms with Gasteiger partial charge < -0.3 is 10.1 Å². The monoisotopic (exact) mass is 260 g/mol. The van der Waals surface area contributed by atoms with Crippen LogP contribution in [-0.2, 0) is 6.54 Å². The number of halogens is 1. The molecule has 19 heavy (non-hydrogen) atoms. The van der Waals surface area contributed by atoms with Crippen molar-refractivity contribution in [2.75, 3.05) is 6.54 Å². The van der Waals surface area contributed by atoms with Crippen LogP contribution in [0.2, 0.25) is 0 Å². The molecule has 0 bridgehead atoms. The van der Waals surface area contributed by atoms with Crippen LogP contribution in [0.25, 0.3) is 0 Å². The van der Waals surface area contributed by atoms with Crippen molar-refractivity contribution in [2.24, 2.45) is 0 Å². The maximum absolute atomic E-state index is 13.2. The number of rotatable bonds is 5. The molecule has 3 nitrogen and oxygen atoms in total. The smallest absolute Gasteiger partial charge is 0.133 e. The zero-order chi connectivity index (χ0) is 13.7. The molecule has 1 N–H and O–H groups in total. The molecule has 1 aromatic carbocycles. The number of hydrogen-bond acceptors (Lipinski definition) is 3. The Bertz CT molecular complexity index is 558. The number of aromatic nitrogens is 1. The lowest BCUT2D eigenvalue weighted by Crippen LogP contribution is -2.12. The molecule has 0 saturated heterocycles. The van der Waals surface area contributed by atoms with Crippen molar-refractivity contribution in [2.45, 2.75) is 20.4 Å². The van der Waals surface area contributed by atoms with E-state index in [9.17, 15) is 4.39 Å². The normalized spacial score (nSPS) is 10.5. The molecule has 0 atom stereocenters. The van der Waals surface area contributed by atoms with E-state index in [4.69, 9.17) is 4.74 Å². The van der Waals surface area contributed by atoms with E-state index in [2.05, 4.69) is 10.3 Å². The van der Waals surface area contributed by atoms with Crippen LogP contribution in [0.4, 0.5) is 4.39 Å². The molecule has 0 aliphatic rings. The van der Waals surface area contributed by atoms with Gasteiger partial charge in [-0.05, 0) is 31.2 Å². The van der Waals surface area contributed by atoms with Crippen molar-refractivity contribution in [1.82, 2.24) is 10.3 Å². The van der Waals surface area contributed by atoms with Crippen LogP contribution in [0.15, 0.2) is 36.5 Å². The quantitative estimate of drug-likeness (QED) is 0.894. The van der Waals surface area contributed by atoms with Gasteiger partial charge >= 0.3 is 0 Å². The molecule has 0 aliphatic carbocycles. The van der Waals surface area contributed by atoms with Crippen LogP contribution in [0, 0.1) is 12.7 Å². The van der Waals surface area contributed by atoms with E-state index in [1.54, 1.807) is 18.3 Å². The fourth-order valence-corrected chi connectivity index (χ4v) is 1.68. The van der Waals surface area contributed by atoms with Crippen molar-refractivity contribution < 1.29 is 9.13 Å². The van der Waals surface area contributed by atoms with E-state index in [0.29, 0.717) is 18.0 Å². The van der Waals surface area contributed by atoms with Gasteiger partial charge in [-0.2, -0.15) is 0 Å². The highest BCUT2D eigenvalue weighted by molar-refractivity contribution is 5.37. The third-order valence-corrected chi connectivity index (χ3v) is 2.72. The fraction of sp³-hybridized carbons (Fsp3) is 0.267. The van der Waals surface area contributed by atoms with Gasteiger partial charge in [0, 0.05) is 24.9 Å². The van der Waals surface area contributed by atoms with E-state index in [1.807, 2.05) is 19.9 Å². The number of nitrogens with zero attached hydrogens (tertiary/aromatic N) is 1.